The van der Waals surface area contributed by atoms with Gasteiger partial charge >= 0.3 is 0 Å². The third kappa shape index (κ3) is 6.41. The van der Waals surface area contributed by atoms with Gasteiger partial charge in [-0.3, -0.25) is 20.4 Å². The summed E-state index contributed by atoms with van der Waals surface area (Å²) in [5, 5.41) is 0. The van der Waals surface area contributed by atoms with Crippen molar-refractivity contribution < 1.29 is 23.8 Å². The number of carbonyl (C=O) groups is 2. The number of hydrogen-bond acceptors (Lipinski definition) is 5. The number of nitrogens with one attached hydrogen (secondary N) is 2. The number of carbonyl (C=O) groups excluding carboxylic acids is 2. The highest BCUT2D eigenvalue weighted by molar-refractivity contribution is 5.96. The van der Waals surface area contributed by atoms with Gasteiger partial charge in [0.25, 0.3) is 11.8 Å². The van der Waals surface area contributed by atoms with Crippen molar-refractivity contribution in [3.63, 3.8) is 0 Å². The topological polar surface area (TPSA) is 85.9 Å². The van der Waals surface area contributed by atoms with E-state index in [4.69, 9.17) is 14.2 Å². The minimum atomic E-state index is -0.469. The molecule has 2 aromatic rings. The third-order valence-corrected chi connectivity index (χ3v) is 4.41. The van der Waals surface area contributed by atoms with Crippen LogP contribution >= 0.6 is 0 Å². The highest BCUT2D eigenvalue weighted by Crippen LogP contribution is 2.28. The second kappa shape index (κ2) is 10.9. The van der Waals surface area contributed by atoms with Crippen molar-refractivity contribution in [2.45, 2.75) is 33.6 Å². The molecule has 0 bridgehead atoms. The van der Waals surface area contributed by atoms with E-state index in [1.54, 1.807) is 24.3 Å². The SMILES string of the molecule is CCCCOc1ccc(C(=O)NNC(=O)COc2cccc(C)c2C)cc1OC. The van der Waals surface area contributed by atoms with Gasteiger partial charge in [-0.05, 0) is 55.7 Å². The largest absolute Gasteiger partial charge is 0.493 e. The van der Waals surface area contributed by atoms with E-state index < -0.39 is 11.8 Å². The highest BCUT2D eigenvalue weighted by Gasteiger charge is 2.13. The number of hydrogen-bond donors (Lipinski definition) is 2. The van der Waals surface area contributed by atoms with Crippen LogP contribution in [-0.4, -0.2) is 32.1 Å². The summed E-state index contributed by atoms with van der Waals surface area (Å²) in [4.78, 5) is 24.3. The summed E-state index contributed by atoms with van der Waals surface area (Å²) in [6, 6.07) is 10.5. The van der Waals surface area contributed by atoms with E-state index in [0.717, 1.165) is 24.0 Å². The lowest BCUT2D eigenvalue weighted by Crippen LogP contribution is -2.43. The van der Waals surface area contributed by atoms with Gasteiger partial charge in [0.05, 0.1) is 13.7 Å². The molecular formula is C22H28N2O5. The Morgan fingerprint density at radius 1 is 0.966 bits per heavy atom. The molecule has 0 radical (unpaired) electrons. The predicted octanol–water partition coefficient (Wildman–Crippen LogP) is 3.33. The zero-order chi connectivity index (χ0) is 21.2. The monoisotopic (exact) mass is 400 g/mol. The van der Waals surface area contributed by atoms with E-state index >= 15 is 0 Å². The average molecular weight is 400 g/mol. The molecule has 2 aromatic carbocycles. The van der Waals surface area contributed by atoms with Crippen molar-refractivity contribution in [1.82, 2.24) is 10.9 Å². The van der Waals surface area contributed by atoms with Crippen molar-refractivity contribution in [3.8, 4) is 17.2 Å². The Bertz CT molecular complexity index is 851. The summed E-state index contributed by atoms with van der Waals surface area (Å²) in [6.07, 6.45) is 1.96. The molecule has 0 saturated carbocycles. The van der Waals surface area contributed by atoms with E-state index in [-0.39, 0.29) is 6.61 Å². The molecule has 2 N–H and O–H groups in total. The quantitative estimate of drug-likeness (QED) is 0.498. The molecule has 7 nitrogen and oxygen atoms in total. The van der Waals surface area contributed by atoms with E-state index in [9.17, 15) is 9.59 Å². The fourth-order valence-electron chi connectivity index (χ4n) is 2.51. The second-order valence-electron chi connectivity index (χ2n) is 6.56. The van der Waals surface area contributed by atoms with Crippen molar-refractivity contribution in [3.05, 3.63) is 53.1 Å². The van der Waals surface area contributed by atoms with Gasteiger partial charge in [0.15, 0.2) is 18.1 Å². The lowest BCUT2D eigenvalue weighted by atomic mass is 10.1. The molecule has 0 spiro atoms. The van der Waals surface area contributed by atoms with Crippen LogP contribution in [0.3, 0.4) is 0 Å². The first-order valence-corrected chi connectivity index (χ1v) is 9.55. The lowest BCUT2D eigenvalue weighted by molar-refractivity contribution is -0.123. The van der Waals surface area contributed by atoms with Crippen LogP contribution in [0, 0.1) is 13.8 Å². The molecule has 0 heterocycles. The van der Waals surface area contributed by atoms with Gasteiger partial charge in [0.2, 0.25) is 0 Å². The van der Waals surface area contributed by atoms with Gasteiger partial charge in [-0.1, -0.05) is 25.5 Å². The molecule has 0 unspecified atom stereocenters. The number of unbranched alkanes of at least 4 members (excludes halogenated alkanes) is 1. The summed E-state index contributed by atoms with van der Waals surface area (Å²) in [7, 11) is 1.51. The number of aryl methyl sites for hydroxylation is 1. The number of amides is 2. The smallest absolute Gasteiger partial charge is 0.276 e. The summed E-state index contributed by atoms with van der Waals surface area (Å²) < 4.78 is 16.5. The summed E-state index contributed by atoms with van der Waals surface area (Å²) >= 11 is 0. The molecule has 0 aromatic heterocycles. The minimum absolute atomic E-state index is 0.210. The average Bonchev–Trinajstić information content (AvgIpc) is 2.73. The Kier molecular flexibility index (Phi) is 8.33. The number of ether oxygens (including phenoxy) is 3. The highest BCUT2D eigenvalue weighted by atomic mass is 16.5. The molecule has 29 heavy (non-hydrogen) atoms. The fraction of sp³-hybridized carbons (Fsp3) is 0.364. The Morgan fingerprint density at radius 2 is 1.76 bits per heavy atom. The molecule has 0 aliphatic heterocycles. The Labute approximate surface area is 171 Å². The Morgan fingerprint density at radius 3 is 2.48 bits per heavy atom. The molecule has 0 aliphatic carbocycles. The van der Waals surface area contributed by atoms with Gasteiger partial charge in [0, 0.05) is 5.56 Å². The standard InChI is InChI=1S/C22H28N2O5/c1-5-6-12-28-19-11-10-17(13-20(19)27-4)22(26)24-23-21(25)14-29-18-9-7-8-15(2)16(18)3/h7-11,13H,5-6,12,14H2,1-4H3,(H,23,25)(H,24,26). The van der Waals surface area contributed by atoms with Crippen LogP contribution in [0.1, 0.15) is 41.3 Å². The molecule has 156 valence electrons. The molecule has 0 atom stereocenters. The molecular weight excluding hydrogens is 372 g/mol. The van der Waals surface area contributed by atoms with Gasteiger partial charge in [0.1, 0.15) is 5.75 Å². The molecule has 0 aliphatic rings. The van der Waals surface area contributed by atoms with Crippen LogP contribution in [0.25, 0.3) is 0 Å². The number of benzene rings is 2. The molecule has 7 heteroatoms. The van der Waals surface area contributed by atoms with Crippen molar-refractivity contribution in [2.75, 3.05) is 20.3 Å². The second-order valence-corrected chi connectivity index (χ2v) is 6.56. The van der Waals surface area contributed by atoms with E-state index in [1.165, 1.54) is 7.11 Å². The molecule has 2 rings (SSSR count). The van der Waals surface area contributed by atoms with Crippen LogP contribution in [0.2, 0.25) is 0 Å². The number of hydrazine groups is 1. The van der Waals surface area contributed by atoms with Crippen LogP contribution in [0.15, 0.2) is 36.4 Å². The summed E-state index contributed by atoms with van der Waals surface area (Å²) in [5.74, 6) is 0.728. The fourth-order valence-corrected chi connectivity index (χ4v) is 2.51. The maximum absolute atomic E-state index is 12.3. The number of rotatable bonds is 9. The Balaban J connectivity index is 1.87. The van der Waals surface area contributed by atoms with Gasteiger partial charge in [-0.25, -0.2) is 0 Å². The van der Waals surface area contributed by atoms with Gasteiger partial charge in [-0.2, -0.15) is 0 Å². The summed E-state index contributed by atoms with van der Waals surface area (Å²) in [6.45, 7) is 6.34. The lowest BCUT2D eigenvalue weighted by Gasteiger charge is -2.13. The van der Waals surface area contributed by atoms with E-state index in [0.29, 0.717) is 29.4 Å². The van der Waals surface area contributed by atoms with E-state index in [2.05, 4.69) is 17.8 Å². The first-order valence-electron chi connectivity index (χ1n) is 9.55. The number of methoxy groups -OCH3 is 1. The zero-order valence-electron chi connectivity index (χ0n) is 17.3. The minimum Gasteiger partial charge on any atom is -0.493 e. The molecule has 0 fully saturated rings. The van der Waals surface area contributed by atoms with Crippen molar-refractivity contribution in [1.29, 1.82) is 0 Å². The van der Waals surface area contributed by atoms with E-state index in [1.807, 2.05) is 26.0 Å². The van der Waals surface area contributed by atoms with Crippen molar-refractivity contribution in [2.24, 2.45) is 0 Å². The van der Waals surface area contributed by atoms with Crippen LogP contribution in [0.5, 0.6) is 17.2 Å². The normalized spacial score (nSPS) is 10.2. The van der Waals surface area contributed by atoms with Crippen LogP contribution in [0.4, 0.5) is 0 Å². The molecule has 2 amide bonds. The maximum atomic E-state index is 12.3. The zero-order valence-corrected chi connectivity index (χ0v) is 17.3. The van der Waals surface area contributed by atoms with Gasteiger partial charge in [-0.15, -0.1) is 0 Å². The van der Waals surface area contributed by atoms with Crippen LogP contribution in [-0.2, 0) is 4.79 Å². The maximum Gasteiger partial charge on any atom is 0.276 e. The third-order valence-electron chi connectivity index (χ3n) is 4.41. The first-order chi connectivity index (χ1) is 14.0. The first kappa shape index (κ1) is 22.1. The van der Waals surface area contributed by atoms with Crippen LogP contribution < -0.4 is 25.1 Å². The van der Waals surface area contributed by atoms with Gasteiger partial charge < -0.3 is 14.2 Å². The Hall–Kier alpha value is -3.22. The summed E-state index contributed by atoms with van der Waals surface area (Å²) in [5.41, 5.74) is 7.09. The molecule has 0 saturated heterocycles. The van der Waals surface area contributed by atoms with Crippen molar-refractivity contribution >= 4 is 11.8 Å². The predicted molar refractivity (Wildman–Crippen MR) is 110 cm³/mol.